The van der Waals surface area contributed by atoms with Gasteiger partial charge in [0.2, 0.25) is 7.37 Å². The zero-order chi connectivity index (χ0) is 22.9. The lowest BCUT2D eigenvalue weighted by atomic mass is 9.90. The maximum absolute atomic E-state index is 12.5. The van der Waals surface area contributed by atoms with Crippen molar-refractivity contribution in [3.8, 4) is 0 Å². The van der Waals surface area contributed by atoms with Crippen molar-refractivity contribution >= 4 is 31.2 Å². The van der Waals surface area contributed by atoms with Crippen LogP contribution in [0.25, 0.3) is 0 Å². The molecule has 5 N–H and O–H groups in total. The number of carboxylic acid groups (broad SMARTS) is 4. The summed E-state index contributed by atoms with van der Waals surface area (Å²) in [7, 11) is -4.29. The first-order valence-electron chi connectivity index (χ1n) is 9.16. The smallest absolute Gasteiger partial charge is 0.307 e. The summed E-state index contributed by atoms with van der Waals surface area (Å²) in [5, 5.41) is 36.7. The fraction of sp³-hybridized carbons (Fsp3) is 0.474. The first kappa shape index (κ1) is 25.3. The van der Waals surface area contributed by atoms with Gasteiger partial charge in [-0.25, -0.2) is 0 Å². The fourth-order valence-corrected chi connectivity index (χ4v) is 5.29. The second-order valence-electron chi connectivity index (χ2n) is 7.17. The van der Waals surface area contributed by atoms with E-state index in [1.54, 1.807) is 30.3 Å². The van der Waals surface area contributed by atoms with Crippen LogP contribution in [0.3, 0.4) is 0 Å². The molecule has 0 aromatic heterocycles. The molecule has 0 saturated carbocycles. The first-order chi connectivity index (χ1) is 13.9. The van der Waals surface area contributed by atoms with Gasteiger partial charge >= 0.3 is 23.9 Å². The van der Waals surface area contributed by atoms with Crippen LogP contribution in [0.15, 0.2) is 30.3 Å². The fourth-order valence-electron chi connectivity index (χ4n) is 3.12. The molecule has 10 nitrogen and oxygen atoms in total. The third-order valence-electron chi connectivity index (χ3n) is 4.66. The molecule has 0 spiro atoms. The number of carbonyl (C=O) groups is 4. The highest BCUT2D eigenvalue weighted by atomic mass is 31.2. The van der Waals surface area contributed by atoms with E-state index in [0.717, 1.165) is 0 Å². The molecule has 11 heteroatoms. The third-order valence-corrected chi connectivity index (χ3v) is 6.68. The summed E-state index contributed by atoms with van der Waals surface area (Å²) >= 11 is 0. The van der Waals surface area contributed by atoms with E-state index >= 15 is 0 Å². The standard InChI is InChI=1S/C19H25O10P/c20-16(21)7-6-13(17(22)23)10-30(28,29)11-15(19(26)27)9-14(18(24)25)8-12-4-2-1-3-5-12/h1-5,13-15H,6-11H2,(H,20,21)(H,22,23)(H,24,25)(H,26,27)(H,28,29). The lowest BCUT2D eigenvalue weighted by Crippen LogP contribution is -2.28. The molecule has 0 aliphatic carbocycles. The van der Waals surface area contributed by atoms with E-state index in [-0.39, 0.29) is 12.8 Å². The van der Waals surface area contributed by atoms with Gasteiger partial charge in [0.15, 0.2) is 0 Å². The van der Waals surface area contributed by atoms with Gasteiger partial charge < -0.3 is 25.3 Å². The van der Waals surface area contributed by atoms with Crippen LogP contribution in [0.4, 0.5) is 0 Å². The SMILES string of the molecule is O=C(O)CCC(CP(=O)(O)CC(CC(Cc1ccccc1)C(=O)O)C(=O)O)C(=O)O. The van der Waals surface area contributed by atoms with E-state index < -0.39 is 74.2 Å². The molecule has 1 aromatic carbocycles. The van der Waals surface area contributed by atoms with Gasteiger partial charge in [0, 0.05) is 18.7 Å². The number of aliphatic carboxylic acids is 4. The highest BCUT2D eigenvalue weighted by Gasteiger charge is 2.36. The molecule has 30 heavy (non-hydrogen) atoms. The van der Waals surface area contributed by atoms with Crippen molar-refractivity contribution in [2.45, 2.75) is 25.7 Å². The summed E-state index contributed by atoms with van der Waals surface area (Å²) in [6, 6.07) is 8.51. The highest BCUT2D eigenvalue weighted by Crippen LogP contribution is 2.46. The minimum Gasteiger partial charge on any atom is -0.481 e. The molecule has 0 aliphatic rings. The third kappa shape index (κ3) is 9.19. The predicted octanol–water partition coefficient (Wildman–Crippen LogP) is 1.86. The number of hydrogen-bond donors (Lipinski definition) is 5. The summed E-state index contributed by atoms with van der Waals surface area (Å²) < 4.78 is 12.5. The van der Waals surface area contributed by atoms with Crippen molar-refractivity contribution in [3.05, 3.63) is 35.9 Å². The molecule has 0 saturated heterocycles. The van der Waals surface area contributed by atoms with Gasteiger partial charge in [-0.3, -0.25) is 23.7 Å². The normalized spacial score (nSPS) is 16.0. The van der Waals surface area contributed by atoms with E-state index in [1.165, 1.54) is 0 Å². The maximum Gasteiger partial charge on any atom is 0.307 e. The van der Waals surface area contributed by atoms with Crippen LogP contribution in [-0.2, 0) is 30.2 Å². The van der Waals surface area contributed by atoms with Gasteiger partial charge in [-0.1, -0.05) is 30.3 Å². The van der Waals surface area contributed by atoms with Gasteiger partial charge in [0.1, 0.15) is 0 Å². The first-order valence-corrected chi connectivity index (χ1v) is 11.2. The predicted molar refractivity (Wildman–Crippen MR) is 105 cm³/mol. The molecule has 1 aromatic rings. The van der Waals surface area contributed by atoms with Crippen LogP contribution < -0.4 is 0 Å². The van der Waals surface area contributed by atoms with Crippen molar-refractivity contribution in [2.75, 3.05) is 12.3 Å². The summed E-state index contributed by atoms with van der Waals surface area (Å²) in [4.78, 5) is 55.3. The number of rotatable bonds is 14. The van der Waals surface area contributed by atoms with E-state index in [9.17, 15) is 38.8 Å². The Labute approximate surface area is 172 Å². The van der Waals surface area contributed by atoms with Crippen molar-refractivity contribution in [1.29, 1.82) is 0 Å². The molecule has 0 amide bonds. The molecule has 0 fully saturated rings. The Balaban J connectivity index is 2.90. The second kappa shape index (κ2) is 11.5. The van der Waals surface area contributed by atoms with Crippen molar-refractivity contribution in [1.82, 2.24) is 0 Å². The minimum atomic E-state index is -4.29. The zero-order valence-electron chi connectivity index (χ0n) is 16.1. The van der Waals surface area contributed by atoms with Gasteiger partial charge in [0.05, 0.1) is 17.8 Å². The Morgan fingerprint density at radius 3 is 1.77 bits per heavy atom. The van der Waals surface area contributed by atoms with Crippen LogP contribution in [0.1, 0.15) is 24.8 Å². The highest BCUT2D eigenvalue weighted by molar-refractivity contribution is 7.58. The monoisotopic (exact) mass is 444 g/mol. The Morgan fingerprint density at radius 1 is 0.800 bits per heavy atom. The lowest BCUT2D eigenvalue weighted by molar-refractivity contribution is -0.145. The molecule has 4 unspecified atom stereocenters. The summed E-state index contributed by atoms with van der Waals surface area (Å²) in [5.41, 5.74) is 0.667. The average Bonchev–Trinajstić information content (AvgIpc) is 2.64. The van der Waals surface area contributed by atoms with Crippen LogP contribution in [0, 0.1) is 17.8 Å². The molecule has 0 heterocycles. The number of carboxylic acids is 4. The quantitative estimate of drug-likeness (QED) is 0.265. The van der Waals surface area contributed by atoms with Gasteiger partial charge in [0.25, 0.3) is 0 Å². The molecular weight excluding hydrogens is 419 g/mol. The van der Waals surface area contributed by atoms with Crippen molar-refractivity contribution in [3.63, 3.8) is 0 Å². The Hall–Kier alpha value is -2.71. The van der Waals surface area contributed by atoms with Gasteiger partial charge in [-0.15, -0.1) is 0 Å². The van der Waals surface area contributed by atoms with Crippen molar-refractivity contribution in [2.24, 2.45) is 17.8 Å². The molecule has 166 valence electrons. The van der Waals surface area contributed by atoms with Crippen molar-refractivity contribution < 1.29 is 49.1 Å². The van der Waals surface area contributed by atoms with Crippen LogP contribution in [0.5, 0.6) is 0 Å². The van der Waals surface area contributed by atoms with Gasteiger partial charge in [-0.05, 0) is 24.8 Å². The van der Waals surface area contributed by atoms with Crippen LogP contribution in [0.2, 0.25) is 0 Å². The zero-order valence-corrected chi connectivity index (χ0v) is 17.0. The van der Waals surface area contributed by atoms with E-state index in [1.807, 2.05) is 0 Å². The molecule has 0 radical (unpaired) electrons. The summed E-state index contributed by atoms with van der Waals surface area (Å²) in [6.45, 7) is 0. The van der Waals surface area contributed by atoms with E-state index in [4.69, 9.17) is 10.2 Å². The topological polar surface area (TPSA) is 186 Å². The Kier molecular flexibility index (Phi) is 9.68. The van der Waals surface area contributed by atoms with Crippen LogP contribution in [-0.4, -0.2) is 61.5 Å². The molecule has 0 aliphatic heterocycles. The number of hydrogen-bond acceptors (Lipinski definition) is 5. The average molecular weight is 444 g/mol. The van der Waals surface area contributed by atoms with E-state index in [0.29, 0.717) is 5.56 Å². The number of benzene rings is 1. The molecule has 4 atom stereocenters. The second-order valence-corrected chi connectivity index (χ2v) is 9.60. The molecule has 0 bridgehead atoms. The van der Waals surface area contributed by atoms with Crippen LogP contribution >= 0.6 is 7.37 Å². The minimum absolute atomic E-state index is 0.0338. The maximum atomic E-state index is 12.5. The summed E-state index contributed by atoms with van der Waals surface area (Å²) in [6.07, 6.45) is -2.84. The van der Waals surface area contributed by atoms with Gasteiger partial charge in [-0.2, -0.15) is 0 Å². The van der Waals surface area contributed by atoms with E-state index in [2.05, 4.69) is 0 Å². The molecular formula is C19H25O10P. The lowest BCUT2D eigenvalue weighted by Gasteiger charge is -2.22. The Morgan fingerprint density at radius 2 is 1.30 bits per heavy atom. The Bertz CT molecular complexity index is 807. The molecule has 1 rings (SSSR count). The largest absolute Gasteiger partial charge is 0.481 e. The summed E-state index contributed by atoms with van der Waals surface area (Å²) in [5.74, 6) is -9.43.